The average molecular weight is 1860 g/mol. The van der Waals surface area contributed by atoms with Crippen molar-refractivity contribution in [3.8, 4) is 12.1 Å². The summed E-state index contributed by atoms with van der Waals surface area (Å²) in [7, 11) is 0. The third-order valence-corrected chi connectivity index (χ3v) is 26.1. The highest BCUT2D eigenvalue weighted by atomic mass is 79.9. The molecule has 11 aromatic rings. The number of aromatic nitrogens is 9. The van der Waals surface area contributed by atoms with Crippen molar-refractivity contribution in [3.63, 3.8) is 0 Å². The summed E-state index contributed by atoms with van der Waals surface area (Å²) in [6, 6.07) is 61.9. The van der Waals surface area contributed by atoms with Crippen molar-refractivity contribution in [2.24, 2.45) is 23.2 Å². The van der Waals surface area contributed by atoms with Gasteiger partial charge in [-0.25, -0.2) is 14.4 Å². The fraction of sp³-hybridized carbons (Fsp3) is 0.440. The Labute approximate surface area is 784 Å². The summed E-state index contributed by atoms with van der Waals surface area (Å²) >= 11 is 3.21. The molecule has 13 N–H and O–H groups in total. The fourth-order valence-electron chi connectivity index (χ4n) is 18.6. The van der Waals surface area contributed by atoms with Gasteiger partial charge in [0.25, 0.3) is 23.6 Å². The average Bonchev–Trinajstić information content (AvgIpc) is 1.65. The van der Waals surface area contributed by atoms with Crippen LogP contribution in [-0.4, -0.2) is 240 Å². The second-order valence-corrected chi connectivity index (χ2v) is 34.6. The van der Waals surface area contributed by atoms with E-state index in [2.05, 4.69) is 144 Å². The third-order valence-electron chi connectivity index (χ3n) is 25.7. The van der Waals surface area contributed by atoms with Gasteiger partial charge >= 0.3 is 17.1 Å². The highest BCUT2D eigenvalue weighted by molar-refractivity contribution is 9.09. The van der Waals surface area contributed by atoms with E-state index >= 15 is 0 Å². The molecule has 19 rings (SSSR count). The van der Waals surface area contributed by atoms with Gasteiger partial charge in [0.15, 0.2) is 0 Å². The maximum atomic E-state index is 12.5. The molecule has 132 heavy (non-hydrogen) atoms. The van der Waals surface area contributed by atoms with Crippen LogP contribution in [0.15, 0.2) is 221 Å². The van der Waals surface area contributed by atoms with Crippen molar-refractivity contribution in [2.75, 3.05) is 123 Å². The van der Waals surface area contributed by atoms with E-state index in [9.17, 15) is 33.6 Å². The van der Waals surface area contributed by atoms with E-state index in [1.54, 1.807) is 54.6 Å². The lowest BCUT2D eigenvalue weighted by Crippen LogP contribution is -2.42. The van der Waals surface area contributed by atoms with Crippen LogP contribution in [0.3, 0.4) is 0 Å². The number of hydrogen-bond acceptors (Lipinski definition) is 22. The Hall–Kier alpha value is -11.5. The van der Waals surface area contributed by atoms with E-state index < -0.39 is 0 Å². The molecule has 6 saturated heterocycles. The van der Waals surface area contributed by atoms with E-state index in [1.165, 1.54) is 71.7 Å². The Morgan fingerprint density at radius 2 is 0.750 bits per heavy atom. The number of allylic oxidation sites excluding steroid dienone is 2. The first-order valence-electron chi connectivity index (χ1n) is 46.3. The number of likely N-dealkylation sites (tertiary alicyclic amines) is 4. The number of benzene rings is 5. The number of carbonyl (C=O) groups is 4. The summed E-state index contributed by atoms with van der Waals surface area (Å²) in [6.45, 7) is 22.7. The summed E-state index contributed by atoms with van der Waals surface area (Å²) in [5.74, 6) is 9.15. The smallest absolute Gasteiger partial charge is 0.326 e. The number of hydrazine groups is 1. The first-order valence-corrected chi connectivity index (χ1v) is 47.4. The van der Waals surface area contributed by atoms with Crippen molar-refractivity contribution in [3.05, 3.63) is 277 Å². The lowest BCUT2D eigenvalue weighted by atomic mass is 9.92. The van der Waals surface area contributed by atoms with Gasteiger partial charge in [-0.2, -0.15) is 10.5 Å². The van der Waals surface area contributed by atoms with Crippen molar-refractivity contribution in [2.45, 2.75) is 159 Å². The van der Waals surface area contributed by atoms with E-state index in [4.69, 9.17) is 22.0 Å². The number of halogens is 1. The number of nitrogens with two attached hydrogens (primary N) is 4. The molecule has 6 fully saturated rings. The van der Waals surface area contributed by atoms with E-state index in [0.29, 0.717) is 102 Å². The van der Waals surface area contributed by atoms with Gasteiger partial charge < -0.3 is 51.8 Å². The summed E-state index contributed by atoms with van der Waals surface area (Å²) in [6.07, 6.45) is 23.6. The molecule has 0 saturated carbocycles. The van der Waals surface area contributed by atoms with Crippen LogP contribution in [0.2, 0.25) is 0 Å². The van der Waals surface area contributed by atoms with Gasteiger partial charge in [-0.15, -0.1) is 0 Å². The second kappa shape index (κ2) is 53.9. The lowest BCUT2D eigenvalue weighted by Gasteiger charge is -2.35. The predicted octanol–water partition coefficient (Wildman–Crippen LogP) is 11.8. The number of carbonyl (C=O) groups excluding carboxylic acids is 4. The maximum absolute atomic E-state index is 12.5. The number of para-hydroxylation sites is 6. The number of hydrogen-bond donors (Lipinski definition) is 9. The number of nitriles is 2. The van der Waals surface area contributed by atoms with Crippen molar-refractivity contribution in [1.82, 2.24) is 83.6 Å². The summed E-state index contributed by atoms with van der Waals surface area (Å²) < 4.78 is 5.71. The number of amides is 4. The minimum atomic E-state index is -0.203. The Morgan fingerprint density at radius 1 is 0.417 bits per heavy atom. The minimum Gasteiger partial charge on any atom is -0.330 e. The largest absolute Gasteiger partial charge is 0.330 e. The van der Waals surface area contributed by atoms with E-state index in [-0.39, 0.29) is 55.2 Å². The Bertz CT molecular complexity index is 5600. The molecule has 3 radical (unpaired) electrons. The number of imide groups is 2. The zero-order valence-electron chi connectivity index (χ0n) is 76.5. The predicted molar refractivity (Wildman–Crippen MR) is 527 cm³/mol. The van der Waals surface area contributed by atoms with Gasteiger partial charge in [-0.1, -0.05) is 101 Å². The molecule has 0 bridgehead atoms. The molecule has 14 heterocycles. The summed E-state index contributed by atoms with van der Waals surface area (Å²) in [4.78, 5) is 119. The molecule has 5 aromatic carbocycles. The maximum Gasteiger partial charge on any atom is 0.326 e. The molecule has 6 aromatic heterocycles. The zero-order chi connectivity index (χ0) is 92.8. The molecule has 697 valence electrons. The van der Waals surface area contributed by atoms with Crippen molar-refractivity contribution in [1.29, 1.82) is 10.5 Å². The number of rotatable bonds is 18. The van der Waals surface area contributed by atoms with Crippen molar-refractivity contribution < 1.29 is 19.2 Å². The monoisotopic (exact) mass is 1850 g/mol. The van der Waals surface area contributed by atoms with Gasteiger partial charge in [0.1, 0.15) is 0 Å². The van der Waals surface area contributed by atoms with Crippen LogP contribution >= 0.6 is 15.9 Å². The fourth-order valence-corrected chi connectivity index (χ4v) is 18.9. The number of nitrogens with one attached hydrogen (secondary N) is 5. The van der Waals surface area contributed by atoms with Crippen molar-refractivity contribution >= 4 is 81.1 Å². The van der Waals surface area contributed by atoms with Crippen LogP contribution in [0.1, 0.15) is 205 Å². The molecule has 8 aliphatic heterocycles. The van der Waals surface area contributed by atoms with Gasteiger partial charge in [0.2, 0.25) is 0 Å². The highest BCUT2D eigenvalue weighted by Gasteiger charge is 2.37. The molecule has 0 aliphatic carbocycles. The van der Waals surface area contributed by atoms with Crippen LogP contribution in [0.5, 0.6) is 0 Å². The van der Waals surface area contributed by atoms with Gasteiger partial charge in [0, 0.05) is 162 Å². The SMILES string of the molecule is C/C=C/C#N.CC(CC#N)N1CCC(c2ccccn2)CC1.CC(CCN)N1CCC(c2ccccn2)CC1.NCCN1CCC(n2c(=O)[nH]c3ccccc32)CC1.NN.O=C1c2ccccc2C(=O)N1CCBr.O=C1c2ccccc2C(=O)N1CCN1CCC(n2c(=O)[nH]c3ccccc32)CC1.O=c1[nH]c2ccccc2n1C1CCNCC1.[B].c1ccc(C2CCNCC2)nc1. The van der Waals surface area contributed by atoms with Gasteiger partial charge in [0.05, 0.1) is 73.9 Å². The number of fused-ring (bicyclic) bond motifs is 5. The minimum absolute atomic E-state index is 0. The van der Waals surface area contributed by atoms with E-state index in [1.807, 2.05) is 136 Å². The molecular formula is C100H130BBrN23O7. The summed E-state index contributed by atoms with van der Waals surface area (Å²) in [5.41, 5.74) is 22.7. The molecule has 4 amide bonds. The molecule has 30 nitrogen and oxygen atoms in total. The first-order chi connectivity index (χ1) is 64.0. The van der Waals surface area contributed by atoms with E-state index in [0.717, 1.165) is 169 Å². The normalized spacial score (nSPS) is 17.6. The number of aromatic amines is 3. The number of alkyl halides is 1. The number of imidazole rings is 3. The molecule has 8 aliphatic rings. The van der Waals surface area contributed by atoms with Crippen LogP contribution in [-0.2, 0) is 0 Å². The zero-order valence-corrected chi connectivity index (χ0v) is 78.1. The number of nitrogens with zero attached hydrogens (tertiary/aromatic N) is 14. The van der Waals surface area contributed by atoms with Crippen LogP contribution in [0.25, 0.3) is 33.1 Å². The molecular weight excluding hydrogens is 1730 g/mol. The lowest BCUT2D eigenvalue weighted by molar-refractivity contribution is 0.0621. The number of piperidine rings is 6. The van der Waals surface area contributed by atoms with Crippen LogP contribution in [0.4, 0.5) is 0 Å². The summed E-state index contributed by atoms with van der Waals surface area (Å²) in [5, 5.41) is 23.7. The Balaban J connectivity index is 0.000000160. The second-order valence-electron chi connectivity index (χ2n) is 33.8. The first kappa shape index (κ1) is 103. The molecule has 0 spiro atoms. The quantitative estimate of drug-likeness (QED) is 0.00962. The molecule has 2 unspecified atom stereocenters. The van der Waals surface area contributed by atoms with Crippen LogP contribution < -0.4 is 50.9 Å². The Morgan fingerprint density at radius 3 is 1.08 bits per heavy atom. The third kappa shape index (κ3) is 27.8. The highest BCUT2D eigenvalue weighted by Crippen LogP contribution is 2.33. The Kier molecular flexibility index (Phi) is 41.9. The van der Waals surface area contributed by atoms with Gasteiger partial charge in [-0.3, -0.25) is 74.2 Å². The topological polar surface area (TPSA) is 415 Å². The van der Waals surface area contributed by atoms with Crippen LogP contribution in [0, 0.1) is 22.7 Å². The standard InChI is InChI=1S/C22H22N4O3.C14H20N4O.C14H23N3.C14H19N3.C12H15N3O.C10H8BrNO2.C10H14N2.C4H5N.B.H4N2/c27-20-16-5-1-2-6-17(16)21(28)25(20)14-13-24-11-9-15(10-12-24)26-19-8-4-3-7-18(19)23-22(26)29;15-7-10-17-8-5-11(6-9-17)18-13-4-2-1-3-12(13)16-14(18)19;2*1-12(5-8-15)17-10-6-13(7-11-17)14-4-2-3-9-16-14;16-12-14-10-3-1-2-4-11(10)15(12)9-5-7-13-8-6-9;11-5-6-12-9(13)7-3-1-2-4-8(7)10(12)14;1-2-6-12-10(3-1)9-4-7-11-8-5-9;1-2-3-4-5;;1-2/h1-8,15H,9-14H2,(H,23,29);1-4,11H,5-10,15H2,(H,16,19);2-4,9,12-13H,5-8,10-11,15H2,1H3;2-4,9,12-13H,5-7,10-11H2,1H3;1-4,9,13H,5-8H2,(H,14,16);1-4H,5-6H2;1-3,6,9,11H,4-5,7-8H2;2-3H,1H3;;1-2H2/b;;;;;;;3-2+;;. The molecule has 32 heteroatoms. The molecule has 2 atom stereocenters. The van der Waals surface area contributed by atoms with Gasteiger partial charge in [-0.05, 0) is 260 Å². The number of pyridine rings is 3. The number of H-pyrrole nitrogens is 3.